The van der Waals surface area contributed by atoms with Gasteiger partial charge >= 0.3 is 0 Å². The summed E-state index contributed by atoms with van der Waals surface area (Å²) in [6.45, 7) is 3.80. The smallest absolute Gasteiger partial charge is 0.251 e. The summed E-state index contributed by atoms with van der Waals surface area (Å²) in [6, 6.07) is 9.97. The lowest BCUT2D eigenvalue weighted by atomic mass is 9.95. The van der Waals surface area contributed by atoms with Crippen LogP contribution in [0, 0.1) is 0 Å². The third-order valence-corrected chi connectivity index (χ3v) is 6.69. The van der Waals surface area contributed by atoms with E-state index < -0.39 is 0 Å². The molecule has 2 heterocycles. The Kier molecular flexibility index (Phi) is 8.77. The summed E-state index contributed by atoms with van der Waals surface area (Å²) in [7, 11) is 1.74. The summed E-state index contributed by atoms with van der Waals surface area (Å²) in [6.07, 6.45) is 8.18. The number of hydrogen-bond acceptors (Lipinski definition) is 6. The first-order chi connectivity index (χ1) is 16.3. The van der Waals surface area contributed by atoms with Crippen LogP contribution in [0.15, 0.2) is 47.6 Å². The largest absolute Gasteiger partial charge is 0.383 e. The number of fused-ring (bicyclic) bond motifs is 3. The maximum Gasteiger partial charge on any atom is 0.251 e. The first-order valence-electron chi connectivity index (χ1n) is 11.6. The SMILES string of the molecule is COCCn1c2c(c3cc(C(=O)NCCOCCNSc4cccnc4)ccc31)CCCC2. The number of amides is 1. The van der Waals surface area contributed by atoms with Gasteiger partial charge in [0.05, 0.1) is 19.8 Å². The fourth-order valence-electron chi connectivity index (χ4n) is 4.31. The average Bonchev–Trinajstić information content (AvgIpc) is 3.17. The lowest BCUT2D eigenvalue weighted by molar-refractivity contribution is 0.0919. The van der Waals surface area contributed by atoms with Gasteiger partial charge in [-0.15, -0.1) is 0 Å². The Bertz CT molecular complexity index is 1050. The Hall–Kier alpha value is -2.39. The number of nitrogens with zero attached hydrogens (tertiary/aromatic N) is 2. The normalized spacial score (nSPS) is 13.2. The van der Waals surface area contributed by atoms with Gasteiger partial charge in [0.25, 0.3) is 5.91 Å². The molecule has 1 amide bonds. The van der Waals surface area contributed by atoms with Gasteiger partial charge in [0.15, 0.2) is 0 Å². The van der Waals surface area contributed by atoms with Crippen molar-refractivity contribution >= 4 is 28.8 Å². The molecule has 1 aliphatic carbocycles. The lowest BCUT2D eigenvalue weighted by Gasteiger charge is -2.15. The molecule has 1 aliphatic rings. The second-order valence-electron chi connectivity index (χ2n) is 8.06. The average molecular weight is 469 g/mol. The molecule has 0 saturated carbocycles. The maximum absolute atomic E-state index is 12.7. The van der Waals surface area contributed by atoms with E-state index in [0.29, 0.717) is 31.9 Å². The quantitative estimate of drug-likeness (QED) is 0.312. The monoisotopic (exact) mass is 468 g/mol. The Morgan fingerprint density at radius 2 is 2.03 bits per heavy atom. The number of carbonyl (C=O) groups excluding carboxylic acids is 1. The van der Waals surface area contributed by atoms with Crippen molar-refractivity contribution in [3.63, 3.8) is 0 Å². The number of ether oxygens (including phenoxy) is 2. The van der Waals surface area contributed by atoms with Crippen LogP contribution in [0.4, 0.5) is 0 Å². The number of rotatable bonds is 12. The van der Waals surface area contributed by atoms with Gasteiger partial charge in [0, 0.05) is 66.2 Å². The van der Waals surface area contributed by atoms with E-state index in [9.17, 15) is 4.79 Å². The summed E-state index contributed by atoms with van der Waals surface area (Å²) in [5.74, 6) is -0.0556. The Morgan fingerprint density at radius 3 is 2.88 bits per heavy atom. The van der Waals surface area contributed by atoms with Crippen LogP contribution in [0.3, 0.4) is 0 Å². The number of aromatic nitrogens is 2. The zero-order valence-corrected chi connectivity index (χ0v) is 20.0. The number of hydrogen-bond donors (Lipinski definition) is 2. The zero-order valence-electron chi connectivity index (χ0n) is 19.1. The van der Waals surface area contributed by atoms with Crippen LogP contribution in [0.25, 0.3) is 10.9 Å². The molecule has 8 heteroatoms. The van der Waals surface area contributed by atoms with Crippen molar-refractivity contribution < 1.29 is 14.3 Å². The molecule has 0 radical (unpaired) electrons. The third kappa shape index (κ3) is 6.14. The van der Waals surface area contributed by atoms with E-state index in [0.717, 1.165) is 30.8 Å². The third-order valence-electron chi connectivity index (χ3n) is 5.86. The zero-order chi connectivity index (χ0) is 22.9. The van der Waals surface area contributed by atoms with Crippen LogP contribution in [-0.4, -0.2) is 55.5 Å². The Balaban J connectivity index is 1.25. The second-order valence-corrected chi connectivity index (χ2v) is 9.03. The molecule has 33 heavy (non-hydrogen) atoms. The van der Waals surface area contributed by atoms with Gasteiger partial charge in [0.1, 0.15) is 0 Å². The molecular formula is C25H32N4O3S. The van der Waals surface area contributed by atoms with Crippen LogP contribution >= 0.6 is 11.9 Å². The molecule has 0 saturated heterocycles. The molecule has 4 rings (SSSR count). The minimum absolute atomic E-state index is 0.0556. The van der Waals surface area contributed by atoms with Gasteiger partial charge in [-0.3, -0.25) is 14.5 Å². The molecular weight excluding hydrogens is 436 g/mol. The maximum atomic E-state index is 12.7. The molecule has 0 atom stereocenters. The first-order valence-corrected chi connectivity index (χ1v) is 12.4. The molecule has 3 aromatic rings. The molecule has 0 aliphatic heterocycles. The van der Waals surface area contributed by atoms with Crippen LogP contribution in [0.5, 0.6) is 0 Å². The highest BCUT2D eigenvalue weighted by molar-refractivity contribution is 7.97. The standard InChI is InChI=1S/C25H32N4O3S/c1-31-16-13-29-23-7-3-2-6-21(23)22-17-19(8-9-24(22)29)25(30)27-11-14-32-15-12-28-33-20-5-4-10-26-18-20/h4-5,8-10,17-18,28H,2-3,6-7,11-16H2,1H3,(H,27,30). The second kappa shape index (κ2) is 12.2. The number of nitrogens with one attached hydrogen (secondary N) is 2. The minimum atomic E-state index is -0.0556. The number of pyridine rings is 1. The highest BCUT2D eigenvalue weighted by atomic mass is 32.2. The van der Waals surface area contributed by atoms with Crippen molar-refractivity contribution in [2.24, 2.45) is 0 Å². The molecule has 7 nitrogen and oxygen atoms in total. The van der Waals surface area contributed by atoms with Crippen molar-refractivity contribution in [1.82, 2.24) is 19.6 Å². The molecule has 0 unspecified atom stereocenters. The van der Waals surface area contributed by atoms with Crippen LogP contribution in [-0.2, 0) is 28.9 Å². The van der Waals surface area contributed by atoms with E-state index >= 15 is 0 Å². The summed E-state index contributed by atoms with van der Waals surface area (Å²) in [5, 5.41) is 4.19. The van der Waals surface area contributed by atoms with Crippen molar-refractivity contribution in [1.29, 1.82) is 0 Å². The van der Waals surface area contributed by atoms with Gasteiger partial charge in [-0.05, 0) is 73.5 Å². The topological polar surface area (TPSA) is 77.4 Å². The number of benzene rings is 1. The molecule has 1 aromatic carbocycles. The first kappa shape index (κ1) is 23.8. The molecule has 0 fully saturated rings. The van der Waals surface area contributed by atoms with Gasteiger partial charge in [-0.25, -0.2) is 0 Å². The van der Waals surface area contributed by atoms with Crippen LogP contribution in [0.2, 0.25) is 0 Å². The van der Waals surface area contributed by atoms with E-state index in [1.54, 1.807) is 13.3 Å². The predicted octanol–water partition coefficient (Wildman–Crippen LogP) is 3.60. The van der Waals surface area contributed by atoms with Crippen LogP contribution < -0.4 is 10.0 Å². The fraction of sp³-hybridized carbons (Fsp3) is 0.440. The van der Waals surface area contributed by atoms with Gasteiger partial charge in [-0.2, -0.15) is 0 Å². The van der Waals surface area contributed by atoms with Gasteiger partial charge < -0.3 is 19.4 Å². The highest BCUT2D eigenvalue weighted by Gasteiger charge is 2.20. The highest BCUT2D eigenvalue weighted by Crippen LogP contribution is 2.32. The van der Waals surface area contributed by atoms with E-state index in [4.69, 9.17) is 9.47 Å². The van der Waals surface area contributed by atoms with Crippen molar-refractivity contribution in [2.75, 3.05) is 40.0 Å². The minimum Gasteiger partial charge on any atom is -0.383 e. The van der Waals surface area contributed by atoms with Crippen molar-refractivity contribution in [2.45, 2.75) is 37.1 Å². The summed E-state index contributed by atoms with van der Waals surface area (Å²) in [4.78, 5) is 17.9. The van der Waals surface area contributed by atoms with E-state index in [1.807, 2.05) is 24.4 Å². The summed E-state index contributed by atoms with van der Waals surface area (Å²) in [5.41, 5.74) is 4.72. The predicted molar refractivity (Wildman–Crippen MR) is 132 cm³/mol. The summed E-state index contributed by atoms with van der Waals surface area (Å²) < 4.78 is 16.6. The fourth-order valence-corrected chi connectivity index (χ4v) is 4.92. The van der Waals surface area contributed by atoms with E-state index in [1.165, 1.54) is 46.9 Å². The Labute approximate surface area is 199 Å². The molecule has 0 bridgehead atoms. The van der Waals surface area contributed by atoms with E-state index in [-0.39, 0.29) is 5.91 Å². The van der Waals surface area contributed by atoms with Crippen molar-refractivity contribution in [3.8, 4) is 0 Å². The number of methoxy groups -OCH3 is 1. The number of aryl methyl sites for hydroxylation is 1. The van der Waals surface area contributed by atoms with Gasteiger partial charge in [0.2, 0.25) is 0 Å². The molecule has 2 N–H and O–H groups in total. The molecule has 2 aromatic heterocycles. The van der Waals surface area contributed by atoms with Crippen molar-refractivity contribution in [3.05, 3.63) is 59.5 Å². The Morgan fingerprint density at radius 1 is 1.15 bits per heavy atom. The summed E-state index contributed by atoms with van der Waals surface area (Å²) >= 11 is 1.53. The van der Waals surface area contributed by atoms with Crippen LogP contribution in [0.1, 0.15) is 34.5 Å². The van der Waals surface area contributed by atoms with Gasteiger partial charge in [-0.1, -0.05) is 0 Å². The number of carbonyl (C=O) groups is 1. The molecule has 0 spiro atoms. The molecule has 176 valence electrons. The van der Waals surface area contributed by atoms with E-state index in [2.05, 4.69) is 31.7 Å². The lowest BCUT2D eigenvalue weighted by Crippen LogP contribution is -2.28.